The number of nitrogens with zero attached hydrogens (tertiary/aromatic N) is 2. The van der Waals surface area contributed by atoms with Crippen molar-refractivity contribution in [2.24, 2.45) is 5.14 Å². The number of hydrogen-bond donors (Lipinski definition) is 2. The lowest BCUT2D eigenvalue weighted by molar-refractivity contribution is 0.0634. The van der Waals surface area contributed by atoms with Gasteiger partial charge in [-0.2, -0.15) is 0 Å². The lowest BCUT2D eigenvalue weighted by Gasteiger charge is -2.36. The molecule has 1 saturated heterocycles. The van der Waals surface area contributed by atoms with Gasteiger partial charge in [-0.05, 0) is 29.3 Å². The highest BCUT2D eigenvalue weighted by Crippen LogP contribution is 2.23. The van der Waals surface area contributed by atoms with Crippen molar-refractivity contribution in [2.75, 3.05) is 19.6 Å². The van der Waals surface area contributed by atoms with Gasteiger partial charge in [-0.1, -0.05) is 18.2 Å². The predicted octanol–water partition coefficient (Wildman–Crippen LogP) is 0.657. The Bertz CT molecular complexity index is 838. The number of amides is 1. The highest BCUT2D eigenvalue weighted by molar-refractivity contribution is 7.88. The van der Waals surface area contributed by atoms with Crippen LogP contribution < -0.4 is 10.5 Å². The third-order valence-electron chi connectivity index (χ3n) is 4.14. The fourth-order valence-electron chi connectivity index (χ4n) is 2.96. The molecule has 25 heavy (non-hydrogen) atoms. The van der Waals surface area contributed by atoms with Gasteiger partial charge in [0.25, 0.3) is 5.91 Å². The Morgan fingerprint density at radius 1 is 1.28 bits per heavy atom. The summed E-state index contributed by atoms with van der Waals surface area (Å²) in [6.45, 7) is 1.99. The van der Waals surface area contributed by atoms with Gasteiger partial charge in [0.2, 0.25) is 10.0 Å². The van der Waals surface area contributed by atoms with Gasteiger partial charge in [0, 0.05) is 37.6 Å². The number of aromatic nitrogens is 1. The van der Waals surface area contributed by atoms with E-state index in [0.29, 0.717) is 24.2 Å². The van der Waals surface area contributed by atoms with Crippen LogP contribution >= 0.6 is 0 Å². The molecule has 132 valence electrons. The molecule has 1 atom stereocenters. The summed E-state index contributed by atoms with van der Waals surface area (Å²) >= 11 is 0. The number of rotatable bonds is 4. The molecule has 8 heteroatoms. The first kappa shape index (κ1) is 17.5. The molecule has 1 unspecified atom stereocenters. The van der Waals surface area contributed by atoms with Crippen molar-refractivity contribution in [2.45, 2.75) is 11.8 Å². The molecule has 0 saturated carbocycles. The molecule has 1 aromatic heterocycles. The maximum absolute atomic E-state index is 12.9. The lowest BCUT2D eigenvalue weighted by Crippen LogP contribution is -2.48. The lowest BCUT2D eigenvalue weighted by atomic mass is 10.0. The number of primary sulfonamides is 1. The topological polar surface area (TPSA) is 105 Å². The van der Waals surface area contributed by atoms with E-state index in [2.05, 4.69) is 10.3 Å². The van der Waals surface area contributed by atoms with Crippen LogP contribution in [0.1, 0.15) is 27.5 Å². The summed E-state index contributed by atoms with van der Waals surface area (Å²) in [6.07, 6.45) is 3.48. The monoisotopic (exact) mass is 360 g/mol. The van der Waals surface area contributed by atoms with Crippen LogP contribution in [0.15, 0.2) is 48.8 Å². The quantitative estimate of drug-likeness (QED) is 0.833. The molecule has 1 aliphatic rings. The van der Waals surface area contributed by atoms with E-state index in [1.807, 2.05) is 17.0 Å². The zero-order valence-electron chi connectivity index (χ0n) is 13.6. The number of nitrogens with one attached hydrogen (secondary N) is 1. The van der Waals surface area contributed by atoms with Gasteiger partial charge < -0.3 is 10.2 Å². The van der Waals surface area contributed by atoms with E-state index in [4.69, 9.17) is 5.14 Å². The largest absolute Gasteiger partial charge is 0.329 e. The molecule has 0 spiro atoms. The van der Waals surface area contributed by atoms with Crippen LogP contribution in [-0.4, -0.2) is 43.8 Å². The SMILES string of the molecule is NS(=O)(=O)Cc1ccc(C(=O)N2CCNCC2c2cccnc2)cc1. The molecule has 1 amide bonds. The molecule has 1 aromatic carbocycles. The number of piperazine rings is 1. The van der Waals surface area contributed by atoms with E-state index >= 15 is 0 Å². The predicted molar refractivity (Wildman–Crippen MR) is 94.1 cm³/mol. The summed E-state index contributed by atoms with van der Waals surface area (Å²) in [6, 6.07) is 10.3. The number of carbonyl (C=O) groups is 1. The number of hydrogen-bond acceptors (Lipinski definition) is 5. The molecule has 0 radical (unpaired) electrons. The van der Waals surface area contributed by atoms with Crippen molar-refractivity contribution >= 4 is 15.9 Å². The Morgan fingerprint density at radius 2 is 2.04 bits per heavy atom. The molecule has 2 aromatic rings. The molecule has 1 fully saturated rings. The van der Waals surface area contributed by atoms with Crippen LogP contribution in [0.25, 0.3) is 0 Å². The fraction of sp³-hybridized carbons (Fsp3) is 0.294. The highest BCUT2D eigenvalue weighted by atomic mass is 32.2. The summed E-state index contributed by atoms with van der Waals surface area (Å²) in [5.74, 6) is -0.328. The number of benzene rings is 1. The molecule has 0 aliphatic carbocycles. The second-order valence-electron chi connectivity index (χ2n) is 6.01. The summed E-state index contributed by atoms with van der Waals surface area (Å²) in [5.41, 5.74) is 2.06. The van der Waals surface area contributed by atoms with E-state index < -0.39 is 10.0 Å². The first-order chi connectivity index (χ1) is 11.9. The first-order valence-corrected chi connectivity index (χ1v) is 9.66. The fourth-order valence-corrected chi connectivity index (χ4v) is 3.62. The summed E-state index contributed by atoms with van der Waals surface area (Å²) in [4.78, 5) is 18.9. The number of carbonyl (C=O) groups excluding carboxylic acids is 1. The van der Waals surface area contributed by atoms with Crippen LogP contribution in [0.5, 0.6) is 0 Å². The molecule has 3 N–H and O–H groups in total. The molecule has 1 aliphatic heterocycles. The Labute approximate surface area is 146 Å². The van der Waals surface area contributed by atoms with E-state index in [0.717, 1.165) is 12.1 Å². The number of nitrogens with two attached hydrogens (primary N) is 1. The second-order valence-corrected chi connectivity index (χ2v) is 7.62. The number of sulfonamides is 1. The minimum absolute atomic E-state index is 0.0842. The molecule has 0 bridgehead atoms. The van der Waals surface area contributed by atoms with Crippen molar-refractivity contribution in [3.63, 3.8) is 0 Å². The minimum Gasteiger partial charge on any atom is -0.329 e. The average Bonchev–Trinajstić information content (AvgIpc) is 2.61. The van der Waals surface area contributed by atoms with Crippen LogP contribution in [0.3, 0.4) is 0 Å². The van der Waals surface area contributed by atoms with Gasteiger partial charge in [-0.3, -0.25) is 9.78 Å². The van der Waals surface area contributed by atoms with E-state index in [-0.39, 0.29) is 17.7 Å². The Kier molecular flexibility index (Phi) is 5.12. The summed E-state index contributed by atoms with van der Waals surface area (Å²) in [7, 11) is -3.59. The van der Waals surface area contributed by atoms with Crippen molar-refractivity contribution < 1.29 is 13.2 Å². The van der Waals surface area contributed by atoms with Crippen molar-refractivity contribution in [3.05, 3.63) is 65.5 Å². The van der Waals surface area contributed by atoms with Crippen molar-refractivity contribution in [3.8, 4) is 0 Å². The molecule has 7 nitrogen and oxygen atoms in total. The maximum atomic E-state index is 12.9. The molecular weight excluding hydrogens is 340 g/mol. The van der Waals surface area contributed by atoms with Crippen LogP contribution in [0.2, 0.25) is 0 Å². The number of pyridine rings is 1. The molecule has 3 rings (SSSR count). The Morgan fingerprint density at radius 3 is 2.68 bits per heavy atom. The standard InChI is InChI=1S/C17H20N4O3S/c18-25(23,24)12-13-3-5-14(6-4-13)17(22)21-9-8-20-11-16(21)15-2-1-7-19-10-15/h1-7,10,16,20H,8-9,11-12H2,(H2,18,23,24). The van der Waals surface area contributed by atoms with Gasteiger partial charge in [0.1, 0.15) is 0 Å². The molecule has 2 heterocycles. The Balaban J connectivity index is 1.81. The average molecular weight is 360 g/mol. The Hall–Kier alpha value is -2.29. The minimum atomic E-state index is -3.59. The maximum Gasteiger partial charge on any atom is 0.254 e. The van der Waals surface area contributed by atoms with Crippen molar-refractivity contribution in [1.82, 2.24) is 15.2 Å². The van der Waals surface area contributed by atoms with Gasteiger partial charge in [-0.25, -0.2) is 13.6 Å². The summed E-state index contributed by atoms with van der Waals surface area (Å²) in [5, 5.41) is 8.35. The van der Waals surface area contributed by atoms with E-state index in [9.17, 15) is 13.2 Å². The highest BCUT2D eigenvalue weighted by Gasteiger charge is 2.28. The molecular formula is C17H20N4O3S. The van der Waals surface area contributed by atoms with Crippen molar-refractivity contribution in [1.29, 1.82) is 0 Å². The van der Waals surface area contributed by atoms with Crippen LogP contribution in [0, 0.1) is 0 Å². The zero-order chi connectivity index (χ0) is 17.9. The van der Waals surface area contributed by atoms with Gasteiger partial charge in [0.15, 0.2) is 0 Å². The van der Waals surface area contributed by atoms with Gasteiger partial charge in [-0.15, -0.1) is 0 Å². The third kappa shape index (κ3) is 4.41. The van der Waals surface area contributed by atoms with E-state index in [1.165, 1.54) is 0 Å². The van der Waals surface area contributed by atoms with E-state index in [1.54, 1.807) is 36.7 Å². The van der Waals surface area contributed by atoms with Gasteiger partial charge >= 0.3 is 0 Å². The van der Waals surface area contributed by atoms with Crippen LogP contribution in [-0.2, 0) is 15.8 Å². The first-order valence-electron chi connectivity index (χ1n) is 7.95. The second kappa shape index (κ2) is 7.30. The summed E-state index contributed by atoms with van der Waals surface area (Å²) < 4.78 is 22.3. The van der Waals surface area contributed by atoms with Crippen LogP contribution in [0.4, 0.5) is 0 Å². The normalized spacial score (nSPS) is 18.1. The van der Waals surface area contributed by atoms with Gasteiger partial charge in [0.05, 0.1) is 11.8 Å². The zero-order valence-corrected chi connectivity index (χ0v) is 14.4. The smallest absolute Gasteiger partial charge is 0.254 e. The third-order valence-corrected chi connectivity index (χ3v) is 4.88.